The van der Waals surface area contributed by atoms with Gasteiger partial charge in [0.05, 0.1) is 33.3 Å². The molecule has 4 aromatic rings. The number of nitrogens with one attached hydrogen (secondary N) is 1. The largest absolute Gasteiger partial charge is 0.493 e. The molecule has 0 saturated carbocycles. The molecule has 174 valence electrons. The lowest BCUT2D eigenvalue weighted by atomic mass is 10.1. The summed E-state index contributed by atoms with van der Waals surface area (Å²) < 4.78 is 35.5. The number of carbonyl (C=O) groups excluding carboxylic acids is 1. The topological polar surface area (TPSA) is 104 Å². The molecule has 0 aliphatic rings. The number of hydrogen-bond acceptors (Lipinski definition) is 7. The summed E-state index contributed by atoms with van der Waals surface area (Å²) >= 11 is 1.60. The maximum Gasteiger partial charge on any atom is 0.387 e. The third kappa shape index (κ3) is 5.09. The number of alkyl halides is 2. The van der Waals surface area contributed by atoms with Crippen LogP contribution in [-0.4, -0.2) is 29.5 Å². The highest BCUT2D eigenvalue weighted by Gasteiger charge is 2.26. The Balaban J connectivity index is 1.52. The molecular formula is C23H17F2N3O5S. The molecule has 0 aliphatic carbocycles. The number of fused-ring (bicyclic) bond motifs is 1. The molecule has 34 heavy (non-hydrogen) atoms. The molecule has 0 radical (unpaired) electrons. The van der Waals surface area contributed by atoms with Crippen molar-refractivity contribution in [2.24, 2.45) is 0 Å². The van der Waals surface area contributed by atoms with E-state index in [1.165, 1.54) is 7.11 Å². The number of nitro benzene ring substituents is 1. The highest BCUT2D eigenvalue weighted by molar-refractivity contribution is 7.18. The second kappa shape index (κ2) is 9.79. The molecule has 8 nitrogen and oxygen atoms in total. The summed E-state index contributed by atoms with van der Waals surface area (Å²) in [6.45, 7) is -3.21. The van der Waals surface area contributed by atoms with Crippen LogP contribution in [-0.2, 0) is 6.42 Å². The fraction of sp³-hybridized carbons (Fsp3) is 0.130. The minimum atomic E-state index is -3.21. The van der Waals surface area contributed by atoms with Crippen LogP contribution in [0.15, 0.2) is 60.7 Å². The Morgan fingerprint density at radius 1 is 1.15 bits per heavy atom. The number of anilines is 1. The lowest BCUT2D eigenvalue weighted by molar-refractivity contribution is -0.385. The van der Waals surface area contributed by atoms with Gasteiger partial charge in [0.1, 0.15) is 5.56 Å². The van der Waals surface area contributed by atoms with E-state index in [0.29, 0.717) is 12.1 Å². The molecular weight excluding hydrogens is 468 g/mol. The van der Waals surface area contributed by atoms with Gasteiger partial charge in [0, 0.05) is 18.2 Å². The predicted octanol–water partition coefficient (Wildman–Crippen LogP) is 5.66. The molecule has 3 aromatic carbocycles. The van der Waals surface area contributed by atoms with Crippen LogP contribution < -0.4 is 14.8 Å². The van der Waals surface area contributed by atoms with Gasteiger partial charge in [0.15, 0.2) is 11.5 Å². The van der Waals surface area contributed by atoms with E-state index < -0.39 is 28.9 Å². The van der Waals surface area contributed by atoms with Crippen molar-refractivity contribution in [3.63, 3.8) is 0 Å². The lowest BCUT2D eigenvalue weighted by Crippen LogP contribution is -2.15. The van der Waals surface area contributed by atoms with Gasteiger partial charge in [-0.2, -0.15) is 8.78 Å². The first-order chi connectivity index (χ1) is 16.3. The van der Waals surface area contributed by atoms with Crippen LogP contribution in [0, 0.1) is 10.1 Å². The molecule has 11 heteroatoms. The Labute approximate surface area is 195 Å². The third-order valence-corrected chi connectivity index (χ3v) is 5.88. The fourth-order valence-electron chi connectivity index (χ4n) is 3.30. The first kappa shape index (κ1) is 23.1. The summed E-state index contributed by atoms with van der Waals surface area (Å²) in [5, 5.41) is 15.0. The monoisotopic (exact) mass is 485 g/mol. The van der Waals surface area contributed by atoms with Crippen molar-refractivity contribution >= 4 is 38.8 Å². The average Bonchev–Trinajstić information content (AvgIpc) is 3.22. The van der Waals surface area contributed by atoms with Crippen molar-refractivity contribution in [2.75, 3.05) is 12.4 Å². The van der Waals surface area contributed by atoms with Gasteiger partial charge in [0.2, 0.25) is 0 Å². The molecule has 1 aromatic heterocycles. The van der Waals surface area contributed by atoms with E-state index in [-0.39, 0.29) is 11.3 Å². The normalized spacial score (nSPS) is 10.9. The summed E-state index contributed by atoms with van der Waals surface area (Å²) in [6, 6.07) is 16.5. The molecule has 1 N–H and O–H groups in total. The maximum absolute atomic E-state index is 12.7. The zero-order valence-corrected chi connectivity index (χ0v) is 18.5. The summed E-state index contributed by atoms with van der Waals surface area (Å²) in [6.07, 6.45) is 0.613. The fourth-order valence-corrected chi connectivity index (χ4v) is 4.31. The van der Waals surface area contributed by atoms with Crippen molar-refractivity contribution < 1.29 is 28.0 Å². The van der Waals surface area contributed by atoms with Crippen molar-refractivity contribution in [3.8, 4) is 11.5 Å². The zero-order valence-electron chi connectivity index (χ0n) is 17.7. The molecule has 0 aliphatic heterocycles. The van der Waals surface area contributed by atoms with Crippen molar-refractivity contribution in [1.82, 2.24) is 4.98 Å². The highest BCUT2D eigenvalue weighted by Crippen LogP contribution is 2.36. The third-order valence-electron chi connectivity index (χ3n) is 4.84. The summed E-state index contributed by atoms with van der Waals surface area (Å²) in [5.41, 5.74) is 1.26. The van der Waals surface area contributed by atoms with E-state index in [1.807, 2.05) is 36.4 Å². The molecule has 0 fully saturated rings. The molecule has 1 heterocycles. The number of benzene rings is 3. The number of halogens is 2. The van der Waals surface area contributed by atoms with Crippen LogP contribution in [0.5, 0.6) is 11.5 Å². The van der Waals surface area contributed by atoms with Crippen LogP contribution in [0.1, 0.15) is 20.9 Å². The van der Waals surface area contributed by atoms with Crippen LogP contribution in [0.4, 0.5) is 20.2 Å². The lowest BCUT2D eigenvalue weighted by Gasteiger charge is -2.12. The van der Waals surface area contributed by atoms with Crippen LogP contribution in [0.3, 0.4) is 0 Å². The number of thiazole rings is 1. The minimum Gasteiger partial charge on any atom is -0.493 e. The van der Waals surface area contributed by atoms with Crippen LogP contribution in [0.25, 0.3) is 10.2 Å². The Bertz CT molecular complexity index is 1330. The second-order valence-corrected chi connectivity index (χ2v) is 8.17. The van der Waals surface area contributed by atoms with Crippen LogP contribution in [0.2, 0.25) is 0 Å². The SMILES string of the molecule is COc1cc(C(=O)Nc2ccc(Cc3nc4ccccc4s3)cc2)c([N+](=O)[O-])cc1OC(F)F. The first-order valence-corrected chi connectivity index (χ1v) is 10.7. The smallest absolute Gasteiger partial charge is 0.387 e. The Morgan fingerprint density at radius 2 is 1.88 bits per heavy atom. The van der Waals surface area contributed by atoms with Gasteiger partial charge in [-0.3, -0.25) is 14.9 Å². The first-order valence-electron chi connectivity index (χ1n) is 9.90. The van der Waals surface area contributed by atoms with Gasteiger partial charge in [-0.1, -0.05) is 24.3 Å². The molecule has 1 amide bonds. The predicted molar refractivity (Wildman–Crippen MR) is 123 cm³/mol. The van der Waals surface area contributed by atoms with Gasteiger partial charge >= 0.3 is 6.61 Å². The number of nitrogens with zero attached hydrogens (tertiary/aromatic N) is 2. The average molecular weight is 485 g/mol. The number of amides is 1. The Kier molecular flexibility index (Phi) is 6.64. The number of rotatable bonds is 8. The van der Waals surface area contributed by atoms with E-state index in [2.05, 4.69) is 15.0 Å². The number of ether oxygens (including phenoxy) is 2. The zero-order chi connectivity index (χ0) is 24.2. The Hall–Kier alpha value is -4.12. The molecule has 0 saturated heterocycles. The highest BCUT2D eigenvalue weighted by atomic mass is 32.1. The number of hydrogen-bond donors (Lipinski definition) is 1. The number of nitro groups is 1. The Morgan fingerprint density at radius 3 is 2.53 bits per heavy atom. The van der Waals surface area contributed by atoms with Gasteiger partial charge in [-0.15, -0.1) is 11.3 Å². The van der Waals surface area contributed by atoms with Gasteiger partial charge in [-0.25, -0.2) is 4.98 Å². The molecule has 0 spiro atoms. The van der Waals surface area contributed by atoms with Gasteiger partial charge < -0.3 is 14.8 Å². The molecule has 0 bridgehead atoms. The molecule has 0 unspecified atom stereocenters. The number of para-hydroxylation sites is 1. The number of aromatic nitrogens is 1. The number of methoxy groups -OCH3 is 1. The van der Waals surface area contributed by atoms with E-state index in [9.17, 15) is 23.7 Å². The summed E-state index contributed by atoms with van der Waals surface area (Å²) in [4.78, 5) is 27.9. The van der Waals surface area contributed by atoms with Crippen molar-refractivity contribution in [3.05, 3.63) is 86.9 Å². The van der Waals surface area contributed by atoms with E-state index in [4.69, 9.17) is 4.74 Å². The summed E-state index contributed by atoms with van der Waals surface area (Å²) in [7, 11) is 1.17. The van der Waals surface area contributed by atoms with Crippen molar-refractivity contribution in [2.45, 2.75) is 13.0 Å². The van der Waals surface area contributed by atoms with Crippen molar-refractivity contribution in [1.29, 1.82) is 0 Å². The van der Waals surface area contributed by atoms with Crippen LogP contribution >= 0.6 is 11.3 Å². The minimum absolute atomic E-state index is 0.234. The summed E-state index contributed by atoms with van der Waals surface area (Å²) in [5.74, 6) is -1.57. The number of carbonyl (C=O) groups is 1. The quantitative estimate of drug-likeness (QED) is 0.255. The van der Waals surface area contributed by atoms with E-state index >= 15 is 0 Å². The standard InChI is InChI=1S/C23H17F2N3O5S/c1-32-18-11-15(17(28(30)31)12-19(18)33-23(24)25)22(29)26-14-8-6-13(7-9-14)10-21-27-16-4-2-3-5-20(16)34-21/h2-9,11-12,23H,10H2,1H3,(H,26,29). The van der Waals surface area contributed by atoms with E-state index in [1.54, 1.807) is 23.5 Å². The molecule has 4 rings (SSSR count). The second-order valence-electron chi connectivity index (χ2n) is 7.06. The maximum atomic E-state index is 12.7. The van der Waals surface area contributed by atoms with E-state index in [0.717, 1.165) is 32.9 Å². The molecule has 0 atom stereocenters. The van der Waals surface area contributed by atoms with Gasteiger partial charge in [0.25, 0.3) is 11.6 Å². The van der Waals surface area contributed by atoms with Gasteiger partial charge in [-0.05, 0) is 29.8 Å².